The number of nitrogens with one attached hydrogen (secondary N) is 1. The molecule has 0 aliphatic rings. The van der Waals surface area contributed by atoms with E-state index in [-0.39, 0.29) is 6.04 Å². The van der Waals surface area contributed by atoms with Crippen LogP contribution >= 0.6 is 0 Å². The number of aryl methyl sites for hydroxylation is 1. The summed E-state index contributed by atoms with van der Waals surface area (Å²) in [6.45, 7) is 5.88. The van der Waals surface area contributed by atoms with Crippen LogP contribution in [0.3, 0.4) is 0 Å². The first kappa shape index (κ1) is 13.6. The summed E-state index contributed by atoms with van der Waals surface area (Å²) in [7, 11) is 1.68. The third kappa shape index (κ3) is 3.58. The number of ether oxygens (including phenoxy) is 1. The number of methoxy groups -OCH3 is 1. The lowest BCUT2D eigenvalue weighted by Crippen LogP contribution is -2.25. The van der Waals surface area contributed by atoms with Gasteiger partial charge in [-0.2, -0.15) is 5.10 Å². The Bertz CT molecular complexity index is 504. The number of likely N-dealkylation sites (N-methyl/N-ethyl adjacent to an activating group) is 1. The lowest BCUT2D eigenvalue weighted by Gasteiger charge is -2.18. The van der Waals surface area contributed by atoms with Crippen molar-refractivity contribution in [3.63, 3.8) is 0 Å². The quantitative estimate of drug-likeness (QED) is 0.866. The van der Waals surface area contributed by atoms with E-state index in [1.807, 2.05) is 36.0 Å². The summed E-state index contributed by atoms with van der Waals surface area (Å²) in [6.07, 6.45) is 2.02. The second-order valence-electron chi connectivity index (χ2n) is 4.56. The zero-order valence-corrected chi connectivity index (χ0v) is 11.8. The summed E-state index contributed by atoms with van der Waals surface area (Å²) in [4.78, 5) is 0. The highest BCUT2D eigenvalue weighted by Crippen LogP contribution is 2.19. The molecule has 1 aromatic carbocycles. The van der Waals surface area contributed by atoms with Crippen molar-refractivity contribution in [1.29, 1.82) is 0 Å². The predicted molar refractivity (Wildman–Crippen MR) is 76.4 cm³/mol. The highest BCUT2D eigenvalue weighted by Gasteiger charge is 2.11. The fourth-order valence-corrected chi connectivity index (χ4v) is 2.12. The van der Waals surface area contributed by atoms with Gasteiger partial charge in [0, 0.05) is 6.20 Å². The Labute approximate surface area is 114 Å². The van der Waals surface area contributed by atoms with E-state index in [1.165, 1.54) is 5.56 Å². The summed E-state index contributed by atoms with van der Waals surface area (Å²) < 4.78 is 7.17. The molecule has 1 aromatic heterocycles. The van der Waals surface area contributed by atoms with Crippen molar-refractivity contribution in [2.24, 2.45) is 0 Å². The van der Waals surface area contributed by atoms with Crippen molar-refractivity contribution in [3.05, 3.63) is 47.8 Å². The Morgan fingerprint density at radius 3 is 2.53 bits per heavy atom. The zero-order valence-electron chi connectivity index (χ0n) is 11.8. The van der Waals surface area contributed by atoms with Gasteiger partial charge in [-0.05, 0) is 37.2 Å². The van der Waals surface area contributed by atoms with E-state index in [4.69, 9.17) is 4.74 Å². The standard InChI is InChI=1S/C15H21N3O/c1-4-16-15(11-18-10-9-12(2)17-18)13-5-7-14(19-3)8-6-13/h5-10,15-16H,4,11H2,1-3H3. The van der Waals surface area contributed by atoms with Gasteiger partial charge in [0.2, 0.25) is 0 Å². The van der Waals surface area contributed by atoms with Crippen LogP contribution < -0.4 is 10.1 Å². The molecule has 0 amide bonds. The molecular weight excluding hydrogens is 238 g/mol. The van der Waals surface area contributed by atoms with Crippen LogP contribution in [0, 0.1) is 6.92 Å². The molecular formula is C15H21N3O. The Morgan fingerprint density at radius 2 is 2.00 bits per heavy atom. The molecule has 0 spiro atoms. The fraction of sp³-hybridized carbons (Fsp3) is 0.400. The van der Waals surface area contributed by atoms with Crippen molar-refractivity contribution in [3.8, 4) is 5.75 Å². The van der Waals surface area contributed by atoms with Gasteiger partial charge in [-0.1, -0.05) is 19.1 Å². The van der Waals surface area contributed by atoms with Gasteiger partial charge in [0.05, 0.1) is 25.4 Å². The minimum Gasteiger partial charge on any atom is -0.497 e. The first-order chi connectivity index (χ1) is 9.22. The smallest absolute Gasteiger partial charge is 0.118 e. The minimum atomic E-state index is 0.259. The molecule has 0 fully saturated rings. The highest BCUT2D eigenvalue weighted by atomic mass is 16.5. The zero-order chi connectivity index (χ0) is 13.7. The predicted octanol–water partition coefficient (Wildman–Crippen LogP) is 2.55. The maximum atomic E-state index is 5.19. The second-order valence-corrected chi connectivity index (χ2v) is 4.56. The molecule has 0 saturated carbocycles. The maximum Gasteiger partial charge on any atom is 0.118 e. The molecule has 2 rings (SSSR count). The van der Waals surface area contributed by atoms with Crippen LogP contribution in [0.15, 0.2) is 36.5 Å². The highest BCUT2D eigenvalue weighted by molar-refractivity contribution is 5.29. The largest absolute Gasteiger partial charge is 0.497 e. The molecule has 0 radical (unpaired) electrons. The normalized spacial score (nSPS) is 12.4. The van der Waals surface area contributed by atoms with E-state index in [0.717, 1.165) is 24.5 Å². The van der Waals surface area contributed by atoms with Crippen LogP contribution in [-0.2, 0) is 6.54 Å². The molecule has 0 aliphatic heterocycles. The van der Waals surface area contributed by atoms with Gasteiger partial charge < -0.3 is 10.1 Å². The second kappa shape index (κ2) is 6.38. The minimum absolute atomic E-state index is 0.259. The molecule has 1 atom stereocenters. The Kier molecular flexibility index (Phi) is 4.58. The van der Waals surface area contributed by atoms with Crippen molar-refractivity contribution >= 4 is 0 Å². The maximum absolute atomic E-state index is 5.19. The van der Waals surface area contributed by atoms with Crippen molar-refractivity contribution in [2.45, 2.75) is 26.4 Å². The van der Waals surface area contributed by atoms with Crippen LogP contribution in [0.4, 0.5) is 0 Å². The van der Waals surface area contributed by atoms with Crippen molar-refractivity contribution in [2.75, 3.05) is 13.7 Å². The topological polar surface area (TPSA) is 39.1 Å². The molecule has 4 heteroatoms. The molecule has 0 saturated heterocycles. The number of hydrogen-bond acceptors (Lipinski definition) is 3. The van der Waals surface area contributed by atoms with Gasteiger partial charge >= 0.3 is 0 Å². The van der Waals surface area contributed by atoms with E-state index in [1.54, 1.807) is 7.11 Å². The lowest BCUT2D eigenvalue weighted by atomic mass is 10.1. The molecule has 0 bridgehead atoms. The van der Waals surface area contributed by atoms with Crippen LogP contribution in [0.1, 0.15) is 24.2 Å². The number of hydrogen-bond donors (Lipinski definition) is 1. The molecule has 1 N–H and O–H groups in total. The Hall–Kier alpha value is -1.81. The number of benzene rings is 1. The summed E-state index contributed by atoms with van der Waals surface area (Å²) in [5.41, 5.74) is 2.29. The van der Waals surface area contributed by atoms with Crippen molar-refractivity contribution in [1.82, 2.24) is 15.1 Å². The fourth-order valence-electron chi connectivity index (χ4n) is 2.12. The molecule has 0 aliphatic carbocycles. The van der Waals surface area contributed by atoms with Gasteiger partial charge in [0.1, 0.15) is 5.75 Å². The Balaban J connectivity index is 2.13. The first-order valence-electron chi connectivity index (χ1n) is 6.60. The number of aromatic nitrogens is 2. The average Bonchev–Trinajstić information content (AvgIpc) is 2.84. The van der Waals surface area contributed by atoms with E-state index in [0.29, 0.717) is 0 Å². The molecule has 2 aromatic rings. The van der Waals surface area contributed by atoms with E-state index < -0.39 is 0 Å². The van der Waals surface area contributed by atoms with E-state index in [2.05, 4.69) is 29.5 Å². The average molecular weight is 259 g/mol. The summed E-state index contributed by atoms with van der Waals surface area (Å²) >= 11 is 0. The summed E-state index contributed by atoms with van der Waals surface area (Å²) in [5.74, 6) is 0.883. The van der Waals surface area contributed by atoms with Gasteiger partial charge in [-0.15, -0.1) is 0 Å². The monoisotopic (exact) mass is 259 g/mol. The van der Waals surface area contributed by atoms with Gasteiger partial charge in [-0.3, -0.25) is 4.68 Å². The van der Waals surface area contributed by atoms with E-state index in [9.17, 15) is 0 Å². The van der Waals surface area contributed by atoms with Crippen LogP contribution in [0.5, 0.6) is 5.75 Å². The SMILES string of the molecule is CCNC(Cn1ccc(C)n1)c1ccc(OC)cc1. The van der Waals surface area contributed by atoms with Gasteiger partial charge in [-0.25, -0.2) is 0 Å². The lowest BCUT2D eigenvalue weighted by molar-refractivity contribution is 0.413. The first-order valence-corrected chi connectivity index (χ1v) is 6.60. The van der Waals surface area contributed by atoms with Gasteiger partial charge in [0.25, 0.3) is 0 Å². The van der Waals surface area contributed by atoms with Crippen molar-refractivity contribution < 1.29 is 4.74 Å². The summed E-state index contributed by atoms with van der Waals surface area (Å²) in [6, 6.07) is 10.5. The Morgan fingerprint density at radius 1 is 1.26 bits per heavy atom. The third-order valence-corrected chi connectivity index (χ3v) is 3.11. The third-order valence-electron chi connectivity index (χ3n) is 3.11. The molecule has 1 heterocycles. The molecule has 4 nitrogen and oxygen atoms in total. The number of nitrogens with zero attached hydrogens (tertiary/aromatic N) is 2. The van der Waals surface area contributed by atoms with Gasteiger partial charge in [0.15, 0.2) is 0 Å². The molecule has 102 valence electrons. The summed E-state index contributed by atoms with van der Waals surface area (Å²) in [5, 5.41) is 7.94. The number of rotatable bonds is 6. The van der Waals surface area contributed by atoms with Crippen LogP contribution in [0.25, 0.3) is 0 Å². The van der Waals surface area contributed by atoms with Crippen LogP contribution in [-0.4, -0.2) is 23.4 Å². The molecule has 1 unspecified atom stereocenters. The van der Waals surface area contributed by atoms with E-state index >= 15 is 0 Å². The van der Waals surface area contributed by atoms with Crippen LogP contribution in [0.2, 0.25) is 0 Å². The molecule has 19 heavy (non-hydrogen) atoms.